The van der Waals surface area contributed by atoms with Crippen molar-refractivity contribution in [2.75, 3.05) is 18.5 Å². The normalized spacial score (nSPS) is 16.5. The van der Waals surface area contributed by atoms with E-state index in [-0.39, 0.29) is 18.5 Å². The lowest BCUT2D eigenvalue weighted by Crippen LogP contribution is -2.20. The first kappa shape index (κ1) is 16.3. The number of hydrogen-bond donors (Lipinski definition) is 1. The number of ether oxygens (including phenoxy) is 2. The van der Waals surface area contributed by atoms with Crippen molar-refractivity contribution in [3.8, 4) is 5.75 Å². The molecule has 1 heterocycles. The van der Waals surface area contributed by atoms with Crippen molar-refractivity contribution in [1.82, 2.24) is 0 Å². The topological polar surface area (TPSA) is 50.9 Å². The van der Waals surface area contributed by atoms with Gasteiger partial charge in [0.15, 0.2) is 0 Å². The largest absolute Gasteiger partial charge is 0.490 e. The Morgan fingerprint density at radius 3 is 2.50 bits per heavy atom. The predicted molar refractivity (Wildman–Crippen MR) is 81.1 cm³/mol. The predicted octanol–water partition coefficient (Wildman–Crippen LogP) is 3.74. The van der Waals surface area contributed by atoms with Crippen LogP contribution in [0.3, 0.4) is 0 Å². The van der Waals surface area contributed by atoms with Gasteiger partial charge in [0.05, 0.1) is 12.2 Å². The average Bonchev–Trinajstić information content (AvgIpc) is 3.37. The zero-order chi connectivity index (χ0) is 17.2. The summed E-state index contributed by atoms with van der Waals surface area (Å²) in [5, 5.41) is 2.46. The molecular weight excluding hydrogens is 323 g/mol. The van der Waals surface area contributed by atoms with Gasteiger partial charge in [0.1, 0.15) is 24.0 Å². The second-order valence-corrected chi connectivity index (χ2v) is 5.26. The van der Waals surface area contributed by atoms with Crippen molar-refractivity contribution in [2.24, 2.45) is 0 Å². The number of halogens is 3. The zero-order valence-electron chi connectivity index (χ0n) is 12.5. The number of alkyl halides is 3. The second-order valence-electron chi connectivity index (χ2n) is 5.26. The lowest BCUT2D eigenvalue weighted by Gasteiger charge is -2.17. The first-order valence-electron chi connectivity index (χ1n) is 7.26. The molecule has 24 heavy (non-hydrogen) atoms. The van der Waals surface area contributed by atoms with E-state index in [1.54, 1.807) is 30.3 Å². The molecule has 4 nitrogen and oxygen atoms in total. The summed E-state index contributed by atoms with van der Waals surface area (Å²) in [5.74, 6) is -1.22. The van der Waals surface area contributed by atoms with Crippen LogP contribution in [0.4, 0.5) is 18.9 Å². The fourth-order valence-electron chi connectivity index (χ4n) is 2.20. The van der Waals surface area contributed by atoms with Crippen LogP contribution in [0.15, 0.2) is 48.5 Å². The molecule has 3 rings (SSSR count). The molecule has 0 spiro atoms. The molecular formula is C17H14F3NO3. The van der Waals surface area contributed by atoms with E-state index >= 15 is 0 Å². The highest BCUT2D eigenvalue weighted by Gasteiger charge is 2.39. The van der Waals surface area contributed by atoms with Crippen molar-refractivity contribution in [3.63, 3.8) is 0 Å². The third-order valence-corrected chi connectivity index (χ3v) is 3.41. The number of anilines is 1. The zero-order valence-corrected chi connectivity index (χ0v) is 12.5. The molecule has 1 atom stereocenters. The minimum atomic E-state index is -4.72. The van der Waals surface area contributed by atoms with Gasteiger partial charge in [-0.2, -0.15) is 13.2 Å². The van der Waals surface area contributed by atoms with Gasteiger partial charge < -0.3 is 14.8 Å². The second kappa shape index (κ2) is 6.52. The molecule has 0 saturated carbocycles. The summed E-state index contributed by atoms with van der Waals surface area (Å²) in [6.07, 6.45) is -4.91. The van der Waals surface area contributed by atoms with Crippen molar-refractivity contribution >= 4 is 11.6 Å². The van der Waals surface area contributed by atoms with Crippen molar-refractivity contribution in [3.05, 3.63) is 59.7 Å². The first-order chi connectivity index (χ1) is 11.4. The number of rotatable bonds is 5. The van der Waals surface area contributed by atoms with E-state index in [1.807, 2.05) is 0 Å². The Kier molecular flexibility index (Phi) is 4.44. The fraction of sp³-hybridized carbons (Fsp3) is 0.235. The maximum atomic E-state index is 13.5. The summed E-state index contributed by atoms with van der Waals surface area (Å²) in [7, 11) is 0. The molecule has 1 unspecified atom stereocenters. The summed E-state index contributed by atoms with van der Waals surface area (Å²) in [6, 6.07) is 12.0. The number of epoxide rings is 1. The van der Waals surface area contributed by atoms with E-state index in [0.717, 1.165) is 6.07 Å². The summed E-state index contributed by atoms with van der Waals surface area (Å²) < 4.78 is 50.5. The molecule has 7 heteroatoms. The van der Waals surface area contributed by atoms with Crippen LogP contribution >= 0.6 is 0 Å². The molecule has 1 amide bonds. The maximum absolute atomic E-state index is 13.5. The Hall–Kier alpha value is -2.54. The SMILES string of the molecule is O=C(Nc1ccccc1)c1cccc(OCC2CO2)c1C(F)(F)F. The fourth-order valence-corrected chi connectivity index (χ4v) is 2.20. The van der Waals surface area contributed by atoms with E-state index in [0.29, 0.717) is 12.3 Å². The van der Waals surface area contributed by atoms with Gasteiger partial charge in [0.25, 0.3) is 5.91 Å². The van der Waals surface area contributed by atoms with E-state index < -0.39 is 23.2 Å². The smallest absolute Gasteiger partial charge is 0.420 e. The van der Waals surface area contributed by atoms with Gasteiger partial charge in [0, 0.05) is 5.69 Å². The van der Waals surface area contributed by atoms with Crippen LogP contribution in [0, 0.1) is 0 Å². The van der Waals surface area contributed by atoms with Crippen molar-refractivity contribution in [2.45, 2.75) is 12.3 Å². The molecule has 126 valence electrons. The molecule has 1 N–H and O–H groups in total. The number of hydrogen-bond acceptors (Lipinski definition) is 3. The number of carbonyl (C=O) groups is 1. The number of benzene rings is 2. The molecule has 1 aliphatic heterocycles. The quantitative estimate of drug-likeness (QED) is 0.846. The molecule has 0 aliphatic carbocycles. The Bertz CT molecular complexity index is 728. The monoisotopic (exact) mass is 337 g/mol. The highest BCUT2D eigenvalue weighted by atomic mass is 19.4. The molecule has 2 aromatic carbocycles. The van der Waals surface area contributed by atoms with Crippen molar-refractivity contribution < 1.29 is 27.4 Å². The van der Waals surface area contributed by atoms with Crippen LogP contribution in [-0.4, -0.2) is 25.2 Å². The molecule has 1 aliphatic rings. The van der Waals surface area contributed by atoms with E-state index in [9.17, 15) is 18.0 Å². The van der Waals surface area contributed by atoms with Gasteiger partial charge in [-0.3, -0.25) is 4.79 Å². The summed E-state index contributed by atoms with van der Waals surface area (Å²) in [6.45, 7) is 0.488. The Labute approximate surface area is 136 Å². The molecule has 0 aromatic heterocycles. The third kappa shape index (κ3) is 3.86. The van der Waals surface area contributed by atoms with E-state index in [1.165, 1.54) is 12.1 Å². The molecule has 1 saturated heterocycles. The summed E-state index contributed by atoms with van der Waals surface area (Å²) in [4.78, 5) is 12.3. The average molecular weight is 337 g/mol. The highest BCUT2D eigenvalue weighted by molar-refractivity contribution is 6.05. The van der Waals surface area contributed by atoms with Gasteiger partial charge in [-0.1, -0.05) is 24.3 Å². The Balaban J connectivity index is 1.90. The maximum Gasteiger partial charge on any atom is 0.420 e. The number of carbonyl (C=O) groups excluding carboxylic acids is 1. The van der Waals surface area contributed by atoms with Crippen LogP contribution in [0.25, 0.3) is 0 Å². The minimum absolute atomic E-state index is 0.0207. The molecule has 1 fully saturated rings. The number of nitrogens with one attached hydrogen (secondary N) is 1. The van der Waals surface area contributed by atoms with Gasteiger partial charge in [-0.05, 0) is 24.3 Å². The van der Waals surface area contributed by atoms with E-state index in [2.05, 4.69) is 5.32 Å². The van der Waals surface area contributed by atoms with Crippen LogP contribution in [0.1, 0.15) is 15.9 Å². The summed E-state index contributed by atoms with van der Waals surface area (Å²) >= 11 is 0. The summed E-state index contributed by atoms with van der Waals surface area (Å²) in [5.41, 5.74) is -1.16. The Morgan fingerprint density at radius 2 is 1.88 bits per heavy atom. The van der Waals surface area contributed by atoms with Crippen LogP contribution in [-0.2, 0) is 10.9 Å². The molecule has 2 aromatic rings. The van der Waals surface area contributed by atoms with Gasteiger partial charge >= 0.3 is 6.18 Å². The Morgan fingerprint density at radius 1 is 1.17 bits per heavy atom. The van der Waals surface area contributed by atoms with Gasteiger partial charge in [-0.25, -0.2) is 0 Å². The van der Waals surface area contributed by atoms with E-state index in [4.69, 9.17) is 9.47 Å². The lowest BCUT2D eigenvalue weighted by atomic mass is 10.0. The van der Waals surface area contributed by atoms with Gasteiger partial charge in [0.2, 0.25) is 0 Å². The van der Waals surface area contributed by atoms with Crippen LogP contribution in [0.2, 0.25) is 0 Å². The molecule has 0 bridgehead atoms. The lowest BCUT2D eigenvalue weighted by molar-refractivity contribution is -0.139. The number of amides is 1. The van der Waals surface area contributed by atoms with Crippen molar-refractivity contribution in [1.29, 1.82) is 0 Å². The number of para-hydroxylation sites is 1. The standard InChI is InChI=1S/C17H14F3NO3/c18-17(19,20)15-13(16(22)21-11-5-2-1-3-6-11)7-4-8-14(15)24-10-12-9-23-12/h1-8,12H,9-10H2,(H,21,22). The van der Waals surface area contributed by atoms with Crippen LogP contribution < -0.4 is 10.1 Å². The van der Waals surface area contributed by atoms with Gasteiger partial charge in [-0.15, -0.1) is 0 Å². The third-order valence-electron chi connectivity index (χ3n) is 3.41. The van der Waals surface area contributed by atoms with Crippen LogP contribution in [0.5, 0.6) is 5.75 Å². The minimum Gasteiger partial charge on any atom is -0.490 e. The highest BCUT2D eigenvalue weighted by Crippen LogP contribution is 2.39. The first-order valence-corrected chi connectivity index (χ1v) is 7.26. The molecule has 0 radical (unpaired) electrons.